The lowest BCUT2D eigenvalue weighted by molar-refractivity contribution is -0.384. The van der Waals surface area contributed by atoms with Crippen LogP contribution in [0.5, 0.6) is 11.5 Å². The number of hydrogen-bond donors (Lipinski definition) is 2. The van der Waals surface area contributed by atoms with E-state index >= 15 is 0 Å². The first kappa shape index (κ1) is 23.1. The molecule has 164 valence electrons. The topological polar surface area (TPSA) is 146 Å². The van der Waals surface area contributed by atoms with Crippen LogP contribution in [0.4, 0.5) is 11.4 Å². The molecular formula is C20H21N3O8. The van der Waals surface area contributed by atoms with Crippen LogP contribution < -0.4 is 20.1 Å². The van der Waals surface area contributed by atoms with E-state index in [-0.39, 0.29) is 23.7 Å². The number of methoxy groups -OCH3 is 1. The first-order valence-corrected chi connectivity index (χ1v) is 9.07. The van der Waals surface area contributed by atoms with Gasteiger partial charge in [-0.2, -0.15) is 0 Å². The van der Waals surface area contributed by atoms with Gasteiger partial charge in [0, 0.05) is 12.1 Å². The van der Waals surface area contributed by atoms with Gasteiger partial charge in [-0.1, -0.05) is 18.2 Å². The fourth-order valence-corrected chi connectivity index (χ4v) is 2.32. The van der Waals surface area contributed by atoms with Gasteiger partial charge < -0.3 is 24.8 Å². The zero-order chi connectivity index (χ0) is 22.8. The van der Waals surface area contributed by atoms with Crippen LogP contribution in [0.1, 0.15) is 6.92 Å². The third kappa shape index (κ3) is 7.31. The molecule has 0 aliphatic rings. The van der Waals surface area contributed by atoms with E-state index in [1.54, 1.807) is 30.3 Å². The average Bonchev–Trinajstić information content (AvgIpc) is 2.76. The second-order valence-electron chi connectivity index (χ2n) is 6.14. The minimum absolute atomic E-state index is 0.0518. The van der Waals surface area contributed by atoms with E-state index in [2.05, 4.69) is 10.6 Å². The predicted molar refractivity (Wildman–Crippen MR) is 109 cm³/mol. The third-order valence-electron chi connectivity index (χ3n) is 3.87. The van der Waals surface area contributed by atoms with Crippen LogP contribution in [0.15, 0.2) is 48.5 Å². The van der Waals surface area contributed by atoms with Crippen LogP contribution in [-0.4, -0.2) is 49.1 Å². The Morgan fingerprint density at radius 1 is 1.13 bits per heavy atom. The second kappa shape index (κ2) is 11.1. The number of carbonyl (C=O) groups is 3. The van der Waals surface area contributed by atoms with Crippen molar-refractivity contribution < 1.29 is 33.5 Å². The van der Waals surface area contributed by atoms with Crippen molar-refractivity contribution in [2.75, 3.05) is 25.6 Å². The van der Waals surface area contributed by atoms with Gasteiger partial charge in [-0.05, 0) is 25.1 Å². The summed E-state index contributed by atoms with van der Waals surface area (Å²) < 4.78 is 15.3. The first-order valence-electron chi connectivity index (χ1n) is 9.07. The molecule has 0 aromatic heterocycles. The smallest absolute Gasteiger partial charge is 0.326 e. The van der Waals surface area contributed by atoms with Crippen molar-refractivity contribution in [1.82, 2.24) is 5.32 Å². The van der Waals surface area contributed by atoms with Crippen molar-refractivity contribution in [3.05, 3.63) is 58.6 Å². The van der Waals surface area contributed by atoms with Crippen LogP contribution in [0.3, 0.4) is 0 Å². The normalized spacial score (nSPS) is 11.0. The minimum Gasteiger partial charge on any atom is -0.495 e. The summed E-state index contributed by atoms with van der Waals surface area (Å²) in [5.74, 6) is -1.42. The van der Waals surface area contributed by atoms with Gasteiger partial charge >= 0.3 is 5.97 Å². The van der Waals surface area contributed by atoms with E-state index in [0.29, 0.717) is 5.75 Å². The Morgan fingerprint density at radius 2 is 1.84 bits per heavy atom. The lowest BCUT2D eigenvalue weighted by Gasteiger charge is -2.15. The summed E-state index contributed by atoms with van der Waals surface area (Å²) in [5, 5.41) is 15.6. The Hall–Kier alpha value is -4.15. The van der Waals surface area contributed by atoms with E-state index in [1.165, 1.54) is 26.2 Å². The Kier molecular flexibility index (Phi) is 8.31. The number of carbonyl (C=O) groups excluding carboxylic acids is 3. The molecule has 0 saturated heterocycles. The van der Waals surface area contributed by atoms with Crippen molar-refractivity contribution >= 4 is 29.2 Å². The Morgan fingerprint density at radius 3 is 2.48 bits per heavy atom. The number of amides is 2. The maximum Gasteiger partial charge on any atom is 0.326 e. The molecule has 1 unspecified atom stereocenters. The molecule has 0 bridgehead atoms. The van der Waals surface area contributed by atoms with E-state index in [0.717, 1.165) is 6.07 Å². The Balaban J connectivity index is 1.81. The van der Waals surface area contributed by atoms with Gasteiger partial charge in [0.1, 0.15) is 18.0 Å². The molecule has 2 rings (SSSR count). The maximum atomic E-state index is 12.3. The molecule has 1 atom stereocenters. The van der Waals surface area contributed by atoms with Crippen LogP contribution in [0, 0.1) is 10.1 Å². The van der Waals surface area contributed by atoms with Gasteiger partial charge in [0.25, 0.3) is 17.5 Å². The number of nitro groups is 1. The molecule has 31 heavy (non-hydrogen) atoms. The quantitative estimate of drug-likeness (QED) is 0.328. The molecular weight excluding hydrogens is 410 g/mol. The zero-order valence-electron chi connectivity index (χ0n) is 16.8. The molecule has 11 heteroatoms. The number of ether oxygens (including phenoxy) is 3. The summed E-state index contributed by atoms with van der Waals surface area (Å²) in [6.45, 7) is 0.562. The molecule has 0 spiro atoms. The zero-order valence-corrected chi connectivity index (χ0v) is 16.8. The monoisotopic (exact) mass is 431 g/mol. The number of non-ortho nitro benzene ring substituents is 1. The number of benzene rings is 2. The molecule has 0 saturated carbocycles. The molecule has 2 N–H and O–H groups in total. The number of para-hydroxylation sites is 1. The molecule has 11 nitrogen and oxygen atoms in total. The Labute approximate surface area is 177 Å². The number of anilines is 1. The van der Waals surface area contributed by atoms with E-state index in [9.17, 15) is 24.5 Å². The number of esters is 1. The first-order chi connectivity index (χ1) is 14.8. The highest BCUT2D eigenvalue weighted by Crippen LogP contribution is 2.29. The lowest BCUT2D eigenvalue weighted by Crippen LogP contribution is -2.37. The van der Waals surface area contributed by atoms with Crippen molar-refractivity contribution in [3.63, 3.8) is 0 Å². The number of nitrogens with one attached hydrogen (secondary N) is 2. The maximum absolute atomic E-state index is 12.3. The van der Waals surface area contributed by atoms with E-state index in [4.69, 9.17) is 14.2 Å². The van der Waals surface area contributed by atoms with Crippen molar-refractivity contribution in [3.8, 4) is 11.5 Å². The lowest BCUT2D eigenvalue weighted by atomic mass is 10.2. The van der Waals surface area contributed by atoms with E-state index < -0.39 is 35.4 Å². The number of nitrogens with zero attached hydrogens (tertiary/aromatic N) is 1. The summed E-state index contributed by atoms with van der Waals surface area (Å²) in [5.41, 5.74) is -0.197. The molecule has 0 fully saturated rings. The summed E-state index contributed by atoms with van der Waals surface area (Å²) >= 11 is 0. The summed E-state index contributed by atoms with van der Waals surface area (Å²) in [7, 11) is 1.34. The fraction of sp³-hybridized carbons (Fsp3) is 0.250. The van der Waals surface area contributed by atoms with Gasteiger partial charge in [-0.25, -0.2) is 0 Å². The molecule has 2 aromatic carbocycles. The summed E-state index contributed by atoms with van der Waals surface area (Å²) in [6, 6.07) is 12.3. The van der Waals surface area contributed by atoms with Gasteiger partial charge in [0.15, 0.2) is 12.7 Å². The van der Waals surface area contributed by atoms with E-state index in [1.807, 2.05) is 0 Å². The van der Waals surface area contributed by atoms with Crippen molar-refractivity contribution in [1.29, 1.82) is 0 Å². The van der Waals surface area contributed by atoms with Crippen LogP contribution in [-0.2, 0) is 19.1 Å². The number of nitro benzene ring substituents is 1. The van der Waals surface area contributed by atoms with Gasteiger partial charge in [0.2, 0.25) is 0 Å². The minimum atomic E-state index is -1.23. The molecule has 2 amide bonds. The van der Waals surface area contributed by atoms with Gasteiger partial charge in [-0.3, -0.25) is 24.5 Å². The van der Waals surface area contributed by atoms with Crippen molar-refractivity contribution in [2.45, 2.75) is 13.0 Å². The average molecular weight is 431 g/mol. The predicted octanol–water partition coefficient (Wildman–Crippen LogP) is 1.67. The van der Waals surface area contributed by atoms with Crippen LogP contribution in [0.2, 0.25) is 0 Å². The van der Waals surface area contributed by atoms with Gasteiger partial charge in [0.05, 0.1) is 17.7 Å². The standard InChI is InChI=1S/C20H21N3O8/c1-13(20(26)22-16-10-14(23(27)28)8-9-17(16)29-2)31-19(25)11-21-18(24)12-30-15-6-4-3-5-7-15/h3-10,13H,11-12H2,1-2H3,(H,21,24)(H,22,26). The Bertz CT molecular complexity index is 949. The molecule has 0 radical (unpaired) electrons. The molecule has 0 heterocycles. The largest absolute Gasteiger partial charge is 0.495 e. The number of rotatable bonds is 10. The van der Waals surface area contributed by atoms with Gasteiger partial charge in [-0.15, -0.1) is 0 Å². The molecule has 0 aliphatic carbocycles. The summed E-state index contributed by atoms with van der Waals surface area (Å²) in [4.78, 5) is 46.2. The fourth-order valence-electron chi connectivity index (χ4n) is 2.32. The second-order valence-corrected chi connectivity index (χ2v) is 6.14. The van der Waals surface area contributed by atoms with Crippen LogP contribution >= 0.6 is 0 Å². The highest BCUT2D eigenvalue weighted by Gasteiger charge is 2.21. The SMILES string of the molecule is COc1ccc([N+](=O)[O-])cc1NC(=O)C(C)OC(=O)CNC(=O)COc1ccccc1. The highest BCUT2D eigenvalue weighted by molar-refractivity contribution is 5.96. The summed E-state index contributed by atoms with van der Waals surface area (Å²) in [6.07, 6.45) is -1.23. The molecule has 2 aromatic rings. The highest BCUT2D eigenvalue weighted by atomic mass is 16.6. The number of hydrogen-bond acceptors (Lipinski definition) is 8. The van der Waals surface area contributed by atoms with Crippen LogP contribution in [0.25, 0.3) is 0 Å². The van der Waals surface area contributed by atoms with Crippen molar-refractivity contribution in [2.24, 2.45) is 0 Å². The molecule has 0 aliphatic heterocycles. The third-order valence-corrected chi connectivity index (χ3v) is 3.87.